The molecule has 0 bridgehead atoms. The van der Waals surface area contributed by atoms with E-state index in [-0.39, 0.29) is 25.0 Å². The topological polar surface area (TPSA) is 106 Å². The fourth-order valence-electron chi connectivity index (χ4n) is 1.81. The Morgan fingerprint density at radius 1 is 1.08 bits per heavy atom. The highest BCUT2D eigenvalue weighted by molar-refractivity contribution is 5.93. The Balaban J connectivity index is 2.45. The maximum Gasteiger partial charge on any atom is 0.408 e. The van der Waals surface area contributed by atoms with Gasteiger partial charge in [0, 0.05) is 19.3 Å². The predicted molar refractivity (Wildman–Crippen MR) is 93.0 cm³/mol. The van der Waals surface area contributed by atoms with Crippen molar-refractivity contribution in [2.45, 2.75) is 32.9 Å². The van der Waals surface area contributed by atoms with Crippen molar-refractivity contribution in [3.05, 3.63) is 29.8 Å². The average molecular weight is 351 g/mol. The van der Waals surface area contributed by atoms with Crippen LogP contribution >= 0.6 is 0 Å². The SMILES string of the molecule is COCC(=O)NCc1cccc(NC(=O)CNC(=O)OC(C)(C)C)c1. The van der Waals surface area contributed by atoms with Crippen molar-refractivity contribution in [1.82, 2.24) is 10.6 Å². The van der Waals surface area contributed by atoms with Crippen LogP contribution in [0.1, 0.15) is 26.3 Å². The molecule has 8 nitrogen and oxygen atoms in total. The fraction of sp³-hybridized carbons (Fsp3) is 0.471. The second-order valence-corrected chi connectivity index (χ2v) is 6.31. The van der Waals surface area contributed by atoms with Gasteiger partial charge in [-0.2, -0.15) is 0 Å². The third kappa shape index (κ3) is 9.31. The molecule has 0 fully saturated rings. The maximum atomic E-state index is 11.9. The Kier molecular flexibility index (Phi) is 7.87. The number of carbonyl (C=O) groups excluding carboxylic acids is 3. The van der Waals surface area contributed by atoms with Gasteiger partial charge in [0.1, 0.15) is 18.8 Å². The third-order valence-corrected chi connectivity index (χ3v) is 2.77. The molecule has 8 heteroatoms. The molecular weight excluding hydrogens is 326 g/mol. The van der Waals surface area contributed by atoms with Gasteiger partial charge in [-0.25, -0.2) is 4.79 Å². The normalized spacial score (nSPS) is 10.7. The molecule has 0 aliphatic heterocycles. The molecule has 3 N–H and O–H groups in total. The van der Waals surface area contributed by atoms with Crippen molar-refractivity contribution in [2.24, 2.45) is 0 Å². The van der Waals surface area contributed by atoms with Gasteiger partial charge in [0.05, 0.1) is 0 Å². The zero-order valence-corrected chi connectivity index (χ0v) is 15.0. The van der Waals surface area contributed by atoms with Crippen molar-refractivity contribution in [3.63, 3.8) is 0 Å². The van der Waals surface area contributed by atoms with Crippen molar-refractivity contribution < 1.29 is 23.9 Å². The highest BCUT2D eigenvalue weighted by atomic mass is 16.6. The fourth-order valence-corrected chi connectivity index (χ4v) is 1.81. The van der Waals surface area contributed by atoms with E-state index in [0.29, 0.717) is 12.2 Å². The predicted octanol–water partition coefficient (Wildman–Crippen LogP) is 1.41. The molecule has 3 amide bonds. The van der Waals surface area contributed by atoms with E-state index in [1.54, 1.807) is 39.0 Å². The van der Waals surface area contributed by atoms with Gasteiger partial charge in [-0.15, -0.1) is 0 Å². The molecule has 0 saturated carbocycles. The standard InChI is InChI=1S/C17H25N3O5/c1-17(2,3)25-16(23)19-10-14(21)20-13-7-5-6-12(8-13)9-18-15(22)11-24-4/h5-8H,9-11H2,1-4H3,(H,18,22)(H,19,23)(H,20,21). The van der Waals surface area contributed by atoms with Crippen LogP contribution in [-0.2, 0) is 25.6 Å². The molecule has 0 radical (unpaired) electrons. The van der Waals surface area contributed by atoms with E-state index >= 15 is 0 Å². The lowest BCUT2D eigenvalue weighted by Gasteiger charge is -2.19. The Morgan fingerprint density at radius 2 is 1.80 bits per heavy atom. The molecule has 1 aromatic rings. The van der Waals surface area contributed by atoms with Crippen molar-refractivity contribution >= 4 is 23.6 Å². The molecule has 0 saturated heterocycles. The smallest absolute Gasteiger partial charge is 0.408 e. The molecule has 1 aromatic carbocycles. The van der Waals surface area contributed by atoms with Crippen LogP contribution in [0.2, 0.25) is 0 Å². The number of hydrogen-bond acceptors (Lipinski definition) is 5. The summed E-state index contributed by atoms with van der Waals surface area (Å²) in [6, 6.07) is 7.03. The van der Waals surface area contributed by atoms with Gasteiger partial charge in [-0.3, -0.25) is 9.59 Å². The Labute approximate surface area is 147 Å². The van der Waals surface area contributed by atoms with Crippen LogP contribution in [0.4, 0.5) is 10.5 Å². The van der Waals surface area contributed by atoms with Crippen LogP contribution in [0.5, 0.6) is 0 Å². The van der Waals surface area contributed by atoms with Crippen LogP contribution in [0.3, 0.4) is 0 Å². The summed E-state index contributed by atoms with van der Waals surface area (Å²) in [5.74, 6) is -0.607. The van der Waals surface area contributed by atoms with Gasteiger partial charge in [-0.05, 0) is 38.5 Å². The second-order valence-electron chi connectivity index (χ2n) is 6.31. The summed E-state index contributed by atoms with van der Waals surface area (Å²) < 4.78 is 9.78. The molecule has 1 rings (SSSR count). The van der Waals surface area contributed by atoms with Crippen LogP contribution in [0.15, 0.2) is 24.3 Å². The van der Waals surface area contributed by atoms with E-state index in [1.165, 1.54) is 7.11 Å². The highest BCUT2D eigenvalue weighted by Gasteiger charge is 2.16. The minimum atomic E-state index is -0.655. The summed E-state index contributed by atoms with van der Waals surface area (Å²) in [6.07, 6.45) is -0.655. The zero-order chi connectivity index (χ0) is 18.9. The number of amides is 3. The number of benzene rings is 1. The molecule has 0 spiro atoms. The van der Waals surface area contributed by atoms with Gasteiger partial charge in [-0.1, -0.05) is 12.1 Å². The van der Waals surface area contributed by atoms with Gasteiger partial charge in [0.25, 0.3) is 0 Å². The summed E-state index contributed by atoms with van der Waals surface area (Å²) in [7, 11) is 1.45. The molecule has 0 heterocycles. The van der Waals surface area contributed by atoms with Crippen LogP contribution < -0.4 is 16.0 Å². The molecule has 0 aliphatic carbocycles. The van der Waals surface area contributed by atoms with Crippen LogP contribution in [-0.4, -0.2) is 43.8 Å². The van der Waals surface area contributed by atoms with E-state index < -0.39 is 11.7 Å². The third-order valence-electron chi connectivity index (χ3n) is 2.77. The quantitative estimate of drug-likeness (QED) is 0.689. The number of hydrogen-bond donors (Lipinski definition) is 3. The average Bonchev–Trinajstić information content (AvgIpc) is 2.50. The number of ether oxygens (including phenoxy) is 2. The molecule has 0 aliphatic rings. The minimum absolute atomic E-state index is 0.00718. The largest absolute Gasteiger partial charge is 0.444 e. The maximum absolute atomic E-state index is 11.9. The molecule has 138 valence electrons. The van der Waals surface area contributed by atoms with Gasteiger partial charge in [0.2, 0.25) is 11.8 Å². The first-order chi connectivity index (χ1) is 11.7. The summed E-state index contributed by atoms with van der Waals surface area (Å²) in [6.45, 7) is 5.33. The molecule has 0 aromatic heterocycles. The van der Waals surface area contributed by atoms with Crippen LogP contribution in [0.25, 0.3) is 0 Å². The number of carbonyl (C=O) groups is 3. The lowest BCUT2D eigenvalue weighted by Crippen LogP contribution is -2.37. The van der Waals surface area contributed by atoms with E-state index in [9.17, 15) is 14.4 Å². The first-order valence-electron chi connectivity index (χ1n) is 7.81. The Morgan fingerprint density at radius 3 is 2.44 bits per heavy atom. The van der Waals surface area contributed by atoms with Crippen molar-refractivity contribution in [3.8, 4) is 0 Å². The van der Waals surface area contributed by atoms with Crippen molar-refractivity contribution in [1.29, 1.82) is 0 Å². The van der Waals surface area contributed by atoms with E-state index in [1.807, 2.05) is 6.07 Å². The second kappa shape index (κ2) is 9.63. The summed E-state index contributed by atoms with van der Waals surface area (Å²) >= 11 is 0. The lowest BCUT2D eigenvalue weighted by atomic mass is 10.2. The molecule has 0 atom stereocenters. The number of anilines is 1. The van der Waals surface area contributed by atoms with Gasteiger partial charge >= 0.3 is 6.09 Å². The summed E-state index contributed by atoms with van der Waals surface area (Å²) in [5.41, 5.74) is 0.763. The molecule has 0 unspecified atom stereocenters. The van der Waals surface area contributed by atoms with Gasteiger partial charge in [0.15, 0.2) is 0 Å². The summed E-state index contributed by atoms with van der Waals surface area (Å²) in [5, 5.41) is 7.74. The molecule has 25 heavy (non-hydrogen) atoms. The number of rotatable bonds is 7. The number of alkyl carbamates (subject to hydrolysis) is 1. The van der Waals surface area contributed by atoms with Crippen molar-refractivity contribution in [2.75, 3.05) is 25.6 Å². The van der Waals surface area contributed by atoms with E-state index in [0.717, 1.165) is 5.56 Å². The molecular formula is C17H25N3O5. The van der Waals surface area contributed by atoms with E-state index in [2.05, 4.69) is 16.0 Å². The van der Waals surface area contributed by atoms with Gasteiger partial charge < -0.3 is 25.4 Å². The zero-order valence-electron chi connectivity index (χ0n) is 15.0. The Bertz CT molecular complexity index is 611. The minimum Gasteiger partial charge on any atom is -0.444 e. The number of nitrogens with one attached hydrogen (secondary N) is 3. The number of methoxy groups -OCH3 is 1. The lowest BCUT2D eigenvalue weighted by molar-refractivity contribution is -0.124. The summed E-state index contributed by atoms with van der Waals surface area (Å²) in [4.78, 5) is 34.8. The Hall–Kier alpha value is -2.61. The first-order valence-corrected chi connectivity index (χ1v) is 7.81. The monoisotopic (exact) mass is 351 g/mol. The van der Waals surface area contributed by atoms with E-state index in [4.69, 9.17) is 9.47 Å². The first kappa shape index (κ1) is 20.4. The van der Waals surface area contributed by atoms with Crippen LogP contribution in [0, 0.1) is 0 Å². The highest BCUT2D eigenvalue weighted by Crippen LogP contribution is 2.10.